The van der Waals surface area contributed by atoms with Crippen molar-refractivity contribution in [1.29, 1.82) is 0 Å². The van der Waals surface area contributed by atoms with Gasteiger partial charge in [-0.25, -0.2) is 23.4 Å². The van der Waals surface area contributed by atoms with Gasteiger partial charge in [0.05, 0.1) is 31.3 Å². The molecule has 0 radical (unpaired) electrons. The van der Waals surface area contributed by atoms with E-state index in [1.54, 1.807) is 6.92 Å². The lowest BCUT2D eigenvalue weighted by Gasteiger charge is -2.29. The highest BCUT2D eigenvalue weighted by Crippen LogP contribution is 2.37. The van der Waals surface area contributed by atoms with E-state index < -0.39 is 71.9 Å². The van der Waals surface area contributed by atoms with E-state index in [0.717, 1.165) is 19.2 Å². The number of carboxylic acid groups (broad SMARTS) is 1. The van der Waals surface area contributed by atoms with Crippen LogP contribution in [0.2, 0.25) is 0 Å². The molecular formula is C30H31F2N3O11. The number of halogens is 2. The molecule has 0 aliphatic heterocycles. The Kier molecular flexibility index (Phi) is 12.2. The molecule has 3 rings (SSSR count). The summed E-state index contributed by atoms with van der Waals surface area (Å²) >= 11 is 0. The van der Waals surface area contributed by atoms with Crippen molar-refractivity contribution >= 4 is 30.2 Å². The van der Waals surface area contributed by atoms with Crippen LogP contribution in [0.5, 0.6) is 11.5 Å². The molecule has 0 saturated heterocycles. The quantitative estimate of drug-likeness (QED) is 0.0503. The topological polar surface area (TPSA) is 205 Å². The van der Waals surface area contributed by atoms with E-state index in [4.69, 9.17) is 9.15 Å². The first-order valence-corrected chi connectivity index (χ1v) is 13.7. The lowest BCUT2D eigenvalue weighted by atomic mass is 9.89. The van der Waals surface area contributed by atoms with E-state index in [9.17, 15) is 48.2 Å². The van der Waals surface area contributed by atoms with Gasteiger partial charge in [-0.1, -0.05) is 13.0 Å². The Morgan fingerprint density at radius 1 is 1.09 bits per heavy atom. The number of rotatable bonds is 16. The van der Waals surface area contributed by atoms with Crippen LogP contribution in [0.25, 0.3) is 11.3 Å². The Morgan fingerprint density at radius 2 is 1.83 bits per heavy atom. The molecule has 14 nitrogen and oxygen atoms in total. The Labute approximate surface area is 260 Å². The molecule has 0 unspecified atom stereocenters. The maximum atomic E-state index is 14.2. The van der Waals surface area contributed by atoms with Crippen molar-refractivity contribution in [1.82, 2.24) is 15.7 Å². The number of furan rings is 1. The molecule has 246 valence electrons. The number of benzene rings is 2. The SMILES string of the molecule is CC[C@H]([C@@H](CCc1ccc(F)cc1F)C(=O)NCNC(=O)c1ccc(-c2cc(OCC(=O)OC)cc(C(=O)O)c2O)o1)N(O)C=O. The number of nitrogens with zero attached hydrogens (tertiary/aromatic N) is 1. The summed E-state index contributed by atoms with van der Waals surface area (Å²) in [6, 6.07) is 6.65. The normalized spacial score (nSPS) is 12.0. The molecule has 0 aliphatic carbocycles. The minimum Gasteiger partial charge on any atom is -0.506 e. The molecule has 1 heterocycles. The van der Waals surface area contributed by atoms with Crippen LogP contribution in [0.3, 0.4) is 0 Å². The van der Waals surface area contributed by atoms with Crippen LogP contribution >= 0.6 is 0 Å². The molecule has 5 N–H and O–H groups in total. The molecule has 2 aromatic carbocycles. The van der Waals surface area contributed by atoms with Crippen LogP contribution in [0.1, 0.15) is 46.2 Å². The zero-order chi connectivity index (χ0) is 34.0. The number of esters is 1. The number of carbonyl (C=O) groups is 5. The smallest absolute Gasteiger partial charge is 0.343 e. The fourth-order valence-electron chi connectivity index (χ4n) is 4.55. The van der Waals surface area contributed by atoms with Gasteiger partial charge in [0.25, 0.3) is 5.91 Å². The summed E-state index contributed by atoms with van der Waals surface area (Å²) in [6.07, 6.45) is 0.200. The molecule has 1 aromatic heterocycles. The molecule has 0 saturated carbocycles. The number of amides is 3. The molecule has 0 fully saturated rings. The molecule has 2 atom stereocenters. The summed E-state index contributed by atoms with van der Waals surface area (Å²) in [5.74, 6) is -7.65. The van der Waals surface area contributed by atoms with Gasteiger partial charge in [-0.3, -0.25) is 19.6 Å². The first kappa shape index (κ1) is 35.0. The Balaban J connectivity index is 1.71. The summed E-state index contributed by atoms with van der Waals surface area (Å²) in [5.41, 5.74) is -0.615. The lowest BCUT2D eigenvalue weighted by molar-refractivity contribution is -0.168. The third-order valence-electron chi connectivity index (χ3n) is 6.91. The number of aromatic carboxylic acids is 1. The molecule has 3 aromatic rings. The Hall–Kier alpha value is -5.51. The molecule has 0 spiro atoms. The average molecular weight is 648 g/mol. The van der Waals surface area contributed by atoms with E-state index >= 15 is 0 Å². The van der Waals surface area contributed by atoms with Crippen LogP contribution in [0, 0.1) is 17.6 Å². The van der Waals surface area contributed by atoms with Gasteiger partial charge in [-0.2, -0.15) is 0 Å². The van der Waals surface area contributed by atoms with Crippen LogP contribution < -0.4 is 15.4 Å². The van der Waals surface area contributed by atoms with Gasteiger partial charge in [-0.05, 0) is 55.2 Å². The standard InChI is InChI=1S/C30H31F2N3O11/c1-3-23(35(43)15-36)19(7-5-16-4-6-17(31)10-22(16)32)28(39)33-14-34-29(40)25-9-8-24(46-25)20-11-18(45-13-26(37)44-2)12-21(27(20)38)30(41)42/h4,6,8-12,15,19,23,38,43H,3,5,7,13-14H2,1-2H3,(H,33,39)(H,34,40)(H,41,42)/t19-,23-/m1/s1. The number of aromatic hydroxyl groups is 1. The van der Waals surface area contributed by atoms with Gasteiger partial charge >= 0.3 is 11.9 Å². The van der Waals surface area contributed by atoms with E-state index in [0.29, 0.717) is 11.1 Å². The highest BCUT2D eigenvalue weighted by molar-refractivity contribution is 5.95. The number of ether oxygens (including phenoxy) is 2. The predicted octanol–water partition coefficient (Wildman–Crippen LogP) is 2.86. The maximum Gasteiger partial charge on any atom is 0.343 e. The van der Waals surface area contributed by atoms with Crippen molar-refractivity contribution in [3.05, 3.63) is 71.0 Å². The van der Waals surface area contributed by atoms with E-state index in [2.05, 4.69) is 15.4 Å². The van der Waals surface area contributed by atoms with Gasteiger partial charge in [0.2, 0.25) is 12.3 Å². The van der Waals surface area contributed by atoms with E-state index in [-0.39, 0.29) is 54.1 Å². The van der Waals surface area contributed by atoms with Crippen LogP contribution in [0.4, 0.5) is 8.78 Å². The van der Waals surface area contributed by atoms with Crippen molar-refractivity contribution in [3.63, 3.8) is 0 Å². The van der Waals surface area contributed by atoms with Crippen molar-refractivity contribution in [2.75, 3.05) is 20.4 Å². The Bertz CT molecular complexity index is 1590. The molecule has 0 bridgehead atoms. The van der Waals surface area contributed by atoms with E-state index in [1.165, 1.54) is 24.3 Å². The van der Waals surface area contributed by atoms with Crippen molar-refractivity contribution in [2.24, 2.45) is 5.92 Å². The zero-order valence-electron chi connectivity index (χ0n) is 24.6. The fraction of sp³-hybridized carbons (Fsp3) is 0.300. The highest BCUT2D eigenvalue weighted by Gasteiger charge is 2.31. The first-order chi connectivity index (χ1) is 21.9. The second-order valence-electron chi connectivity index (χ2n) is 9.77. The lowest BCUT2D eigenvalue weighted by Crippen LogP contribution is -2.47. The minimum absolute atomic E-state index is 0.0275. The van der Waals surface area contributed by atoms with Crippen molar-refractivity contribution in [3.8, 4) is 22.8 Å². The second kappa shape index (κ2) is 16.0. The van der Waals surface area contributed by atoms with Gasteiger partial charge in [0.1, 0.15) is 34.5 Å². The second-order valence-corrected chi connectivity index (χ2v) is 9.77. The monoisotopic (exact) mass is 647 g/mol. The number of hydrogen-bond donors (Lipinski definition) is 5. The summed E-state index contributed by atoms with van der Waals surface area (Å²) in [7, 11) is 1.13. The molecule has 16 heteroatoms. The van der Waals surface area contributed by atoms with Crippen LogP contribution in [-0.4, -0.2) is 77.1 Å². The van der Waals surface area contributed by atoms with Crippen LogP contribution in [0.15, 0.2) is 46.9 Å². The van der Waals surface area contributed by atoms with Gasteiger partial charge < -0.3 is 34.7 Å². The third-order valence-corrected chi connectivity index (χ3v) is 6.91. The summed E-state index contributed by atoms with van der Waals surface area (Å²) in [6.45, 7) is 0.625. The largest absolute Gasteiger partial charge is 0.506 e. The van der Waals surface area contributed by atoms with E-state index in [1.807, 2.05) is 0 Å². The number of hydroxylamine groups is 2. The van der Waals surface area contributed by atoms with Crippen molar-refractivity contribution in [2.45, 2.75) is 32.2 Å². The summed E-state index contributed by atoms with van der Waals surface area (Å²) in [5, 5.41) is 35.2. The highest BCUT2D eigenvalue weighted by atomic mass is 19.1. The first-order valence-electron chi connectivity index (χ1n) is 13.7. The average Bonchev–Trinajstić information content (AvgIpc) is 3.52. The zero-order valence-corrected chi connectivity index (χ0v) is 24.6. The predicted molar refractivity (Wildman–Crippen MR) is 153 cm³/mol. The number of nitrogens with one attached hydrogen (secondary N) is 2. The molecule has 0 aliphatic rings. The number of aryl methyl sites for hydroxylation is 1. The molecule has 3 amide bonds. The molecule has 46 heavy (non-hydrogen) atoms. The number of carboxylic acids is 1. The van der Waals surface area contributed by atoms with Crippen LogP contribution in [-0.2, 0) is 25.5 Å². The van der Waals surface area contributed by atoms with Gasteiger partial charge in [0.15, 0.2) is 12.4 Å². The minimum atomic E-state index is -1.51. The number of hydrogen-bond acceptors (Lipinski definition) is 10. The number of methoxy groups -OCH3 is 1. The summed E-state index contributed by atoms with van der Waals surface area (Å²) < 4.78 is 42.7. The van der Waals surface area contributed by atoms with Crippen molar-refractivity contribution < 1.29 is 62.1 Å². The third kappa shape index (κ3) is 8.78. The van der Waals surface area contributed by atoms with Gasteiger partial charge in [0, 0.05) is 6.07 Å². The summed E-state index contributed by atoms with van der Waals surface area (Å²) in [4.78, 5) is 60.1. The number of phenols is 1. The maximum absolute atomic E-state index is 14.2. The van der Waals surface area contributed by atoms with Gasteiger partial charge in [-0.15, -0.1) is 0 Å². The fourth-order valence-corrected chi connectivity index (χ4v) is 4.55. The molecular weight excluding hydrogens is 616 g/mol. The number of carbonyl (C=O) groups excluding carboxylic acids is 4. The Morgan fingerprint density at radius 3 is 2.46 bits per heavy atom.